The number of ketones is 2. The molecule has 0 fully saturated rings. The Balaban J connectivity index is 0.745. The zero-order valence-electron chi connectivity index (χ0n) is 60.8. The Morgan fingerprint density at radius 2 is 1.10 bits per heavy atom. The second-order valence-corrected chi connectivity index (χ2v) is 26.2. The van der Waals surface area contributed by atoms with Gasteiger partial charge in [0.25, 0.3) is 11.8 Å². The van der Waals surface area contributed by atoms with Crippen molar-refractivity contribution < 1.29 is 100 Å². The van der Waals surface area contributed by atoms with E-state index >= 15 is 0 Å². The first kappa shape index (κ1) is 81.4. The number of aliphatic hydroxyl groups is 1. The van der Waals surface area contributed by atoms with Gasteiger partial charge in [0.1, 0.15) is 12.4 Å². The topological polar surface area (TPSA) is 306 Å². The lowest BCUT2D eigenvalue weighted by Gasteiger charge is -2.31. The molecule has 3 aromatic carbocycles. The number of rotatable bonds is 49. The number of hydrogen-bond acceptors (Lipinski definition) is 22. The van der Waals surface area contributed by atoms with Gasteiger partial charge in [0, 0.05) is 68.9 Å². The maximum absolute atomic E-state index is 14.3. The third kappa shape index (κ3) is 25.8. The number of Topliss-reactive ketones (excluding diaryl/α,β-unsaturated/α-hetero) is 2. The average molecular weight is 1430 g/mol. The first-order valence-electron chi connectivity index (χ1n) is 35.5. The van der Waals surface area contributed by atoms with Crippen molar-refractivity contribution in [2.75, 3.05) is 145 Å². The van der Waals surface area contributed by atoms with Crippen molar-refractivity contribution in [1.29, 1.82) is 0 Å². The molecule has 0 spiro atoms. The molecule has 4 aliphatic heterocycles. The number of anilines is 1. The molecule has 27 nitrogen and oxygen atoms in total. The number of nitrogens with zero attached hydrogens (tertiary/aromatic N) is 4. The number of carbonyl (C=O) groups excluding carboxylic acids is 7. The summed E-state index contributed by atoms with van der Waals surface area (Å²) in [6, 6.07) is 11.5. The highest BCUT2D eigenvalue weighted by Gasteiger charge is 2.45. The van der Waals surface area contributed by atoms with E-state index in [-0.39, 0.29) is 104 Å². The summed E-state index contributed by atoms with van der Waals surface area (Å²) in [4.78, 5) is 102. The zero-order valence-corrected chi connectivity index (χ0v) is 60.8. The minimum absolute atomic E-state index is 0.00424. The number of hydrogen-bond donors (Lipinski definition) is 3. The van der Waals surface area contributed by atoms with Crippen molar-refractivity contribution in [3.63, 3.8) is 0 Å². The van der Waals surface area contributed by atoms with Crippen LogP contribution in [0, 0.1) is 17.8 Å². The molecule has 0 unspecified atom stereocenters. The molecule has 0 aliphatic carbocycles. The van der Waals surface area contributed by atoms with E-state index in [1.165, 1.54) is 31.3 Å². The van der Waals surface area contributed by atoms with E-state index in [0.29, 0.717) is 178 Å². The summed E-state index contributed by atoms with van der Waals surface area (Å²) >= 11 is 0. The lowest BCUT2D eigenvalue weighted by molar-refractivity contribution is -0.133. The molecular weight excluding hydrogens is 1320 g/mol. The van der Waals surface area contributed by atoms with Gasteiger partial charge < -0.3 is 87.1 Å². The minimum Gasteiger partial charge on any atom is -0.493 e. The summed E-state index contributed by atoms with van der Waals surface area (Å²) in [5.74, 6) is -0.433. The van der Waals surface area contributed by atoms with Gasteiger partial charge in [0.05, 0.1) is 174 Å². The third-order valence-corrected chi connectivity index (χ3v) is 17.2. The highest BCUT2D eigenvalue weighted by molar-refractivity contribution is 6.07. The van der Waals surface area contributed by atoms with Crippen LogP contribution in [0.4, 0.5) is 16.2 Å². The SMILES string of the molecule is COc1cc2c(cc1OCCCCCOc1cc3c(cc1OC)C(=O)N1C=C(C)C[C@H]1[C@H](O)N3C(=O)OCc1ccc(CC(=O)[C@H](C)NC(=O)[C@@H](CC(=O)CCOCCOCCOCCOCCOCCOCCOCCOCCNC(=O)CC(C)C)C(C)C)cc1)N=C[C@@H]1CC(C)=CN1C2=O. The van der Waals surface area contributed by atoms with Crippen molar-refractivity contribution in [3.05, 3.63) is 94.3 Å². The van der Waals surface area contributed by atoms with Crippen LogP contribution in [0.3, 0.4) is 0 Å². The highest BCUT2D eigenvalue weighted by atomic mass is 16.6. The molecule has 3 N–H and O–H groups in total. The van der Waals surface area contributed by atoms with Crippen LogP contribution in [-0.2, 0) is 74.8 Å². The smallest absolute Gasteiger partial charge is 0.416 e. The van der Waals surface area contributed by atoms with E-state index in [0.717, 1.165) is 22.5 Å². The standard InChI is InChI=1S/C75H106N6O21/c1-50(2)37-70(84)76-18-22-93-24-26-95-28-30-97-32-34-99-36-35-98-33-31-96-29-27-94-25-23-92-21-17-58(82)41-59(51(3)4)71(85)78-54(7)65(83)40-55-13-15-56(16-14-55)49-102-75(89)81-63-45-69(67(91-9)43-61(63)73(87)80-48-53(6)39-64(80)74(81)88)101-20-12-10-11-19-100-68-44-62-60(42-66(68)90-8)72(86)79-47-52(5)38-57(79)46-77-62/h13-16,42-48,50-51,54,57,59,64,74,88H,10-12,17-41,49H2,1-9H3,(H,76,84)(H,78,85)/t54-,57-,59-,64-,74-/m0/s1. The molecule has 5 atom stereocenters. The van der Waals surface area contributed by atoms with Gasteiger partial charge in [-0.2, -0.15) is 0 Å². The summed E-state index contributed by atoms with van der Waals surface area (Å²) in [5.41, 5.74) is 4.30. The predicted octanol–water partition coefficient (Wildman–Crippen LogP) is 8.29. The van der Waals surface area contributed by atoms with Crippen molar-refractivity contribution in [2.24, 2.45) is 22.7 Å². The van der Waals surface area contributed by atoms with Gasteiger partial charge >= 0.3 is 6.09 Å². The second kappa shape index (κ2) is 43.3. The molecule has 7 rings (SSSR count). The first-order chi connectivity index (χ1) is 49.3. The van der Waals surface area contributed by atoms with E-state index in [1.54, 1.807) is 60.6 Å². The number of methoxy groups -OCH3 is 2. The molecule has 102 heavy (non-hydrogen) atoms. The molecule has 0 aromatic heterocycles. The van der Waals surface area contributed by atoms with Crippen LogP contribution in [0.5, 0.6) is 23.0 Å². The normalized spacial score (nSPS) is 16.7. The number of amides is 5. The average Bonchev–Trinajstić information content (AvgIpc) is 1.59. The van der Waals surface area contributed by atoms with Crippen molar-refractivity contribution in [3.8, 4) is 23.0 Å². The molecule has 4 aliphatic rings. The molecule has 0 saturated heterocycles. The minimum atomic E-state index is -1.51. The van der Waals surface area contributed by atoms with Gasteiger partial charge in [-0.25, -0.2) is 9.69 Å². The molecule has 3 aromatic rings. The van der Waals surface area contributed by atoms with Gasteiger partial charge in [-0.05, 0) is 88.0 Å². The Morgan fingerprint density at radius 3 is 1.66 bits per heavy atom. The molecule has 27 heteroatoms. The molecule has 5 amide bonds. The second-order valence-electron chi connectivity index (χ2n) is 26.2. The fourth-order valence-electron chi connectivity index (χ4n) is 11.7. The quantitative estimate of drug-likeness (QED) is 0.0448. The number of nitrogens with one attached hydrogen (secondary N) is 2. The lowest BCUT2D eigenvalue weighted by atomic mass is 9.88. The number of carbonyl (C=O) groups is 7. The summed E-state index contributed by atoms with van der Waals surface area (Å²) < 4.78 is 73.8. The Hall–Kier alpha value is -7.86. The van der Waals surface area contributed by atoms with E-state index in [2.05, 4.69) is 15.6 Å². The summed E-state index contributed by atoms with van der Waals surface area (Å²) in [6.07, 6.45) is 6.52. The van der Waals surface area contributed by atoms with E-state index in [1.807, 2.05) is 47.7 Å². The van der Waals surface area contributed by atoms with E-state index in [4.69, 9.17) is 61.6 Å². The number of unbranched alkanes of at least 4 members (excludes halogenated alkanes) is 2. The van der Waals surface area contributed by atoms with Crippen LogP contribution in [0.1, 0.15) is 132 Å². The van der Waals surface area contributed by atoms with Crippen molar-refractivity contribution >= 4 is 58.9 Å². The van der Waals surface area contributed by atoms with Crippen LogP contribution < -0.4 is 34.5 Å². The number of aliphatic hydroxyl groups excluding tert-OH is 1. The summed E-state index contributed by atoms with van der Waals surface area (Å²) in [5, 5.41) is 17.6. The molecule has 0 bridgehead atoms. The maximum atomic E-state index is 14.3. The van der Waals surface area contributed by atoms with Crippen molar-refractivity contribution in [1.82, 2.24) is 20.4 Å². The van der Waals surface area contributed by atoms with Crippen LogP contribution in [0.15, 0.2) is 77.1 Å². The summed E-state index contributed by atoms with van der Waals surface area (Å²) in [7, 11) is 2.98. The Bertz CT molecular complexity index is 3300. The number of benzene rings is 3. The number of aliphatic imine (C=N–C) groups is 1. The fourth-order valence-corrected chi connectivity index (χ4v) is 11.7. The van der Waals surface area contributed by atoms with Gasteiger partial charge in [0.15, 0.2) is 35.0 Å². The molecular formula is C75H106N6O21. The molecule has 562 valence electrons. The number of ether oxygens (including phenoxy) is 13. The molecule has 0 saturated carbocycles. The Labute approximate surface area is 599 Å². The van der Waals surface area contributed by atoms with Crippen molar-refractivity contribution in [2.45, 2.75) is 137 Å². The predicted molar refractivity (Wildman–Crippen MR) is 379 cm³/mol. The van der Waals surface area contributed by atoms with Gasteiger partial charge in [-0.1, -0.05) is 63.1 Å². The van der Waals surface area contributed by atoms with Crippen LogP contribution in [0.25, 0.3) is 0 Å². The van der Waals surface area contributed by atoms with Gasteiger partial charge in [-0.15, -0.1) is 0 Å². The third-order valence-electron chi connectivity index (χ3n) is 17.2. The van der Waals surface area contributed by atoms with E-state index < -0.39 is 42.1 Å². The molecule has 4 heterocycles. The van der Waals surface area contributed by atoms with Crippen LogP contribution in [0.2, 0.25) is 0 Å². The van der Waals surface area contributed by atoms with E-state index in [9.17, 15) is 38.7 Å². The number of fused-ring (bicyclic) bond motifs is 4. The Kier molecular flexibility index (Phi) is 34.6. The zero-order chi connectivity index (χ0) is 73.3. The van der Waals surface area contributed by atoms with Crippen LogP contribution in [-0.4, -0.2) is 226 Å². The first-order valence-corrected chi connectivity index (χ1v) is 35.5. The molecule has 0 radical (unpaired) electrons. The highest BCUT2D eigenvalue weighted by Crippen LogP contribution is 2.43. The maximum Gasteiger partial charge on any atom is 0.416 e. The largest absolute Gasteiger partial charge is 0.493 e. The van der Waals surface area contributed by atoms with Crippen LogP contribution >= 0.6 is 0 Å². The monoisotopic (exact) mass is 1430 g/mol. The fraction of sp³-hybridized carbons (Fsp3) is 0.600. The van der Waals surface area contributed by atoms with Gasteiger partial charge in [-0.3, -0.25) is 33.8 Å². The Morgan fingerprint density at radius 1 is 0.588 bits per heavy atom. The summed E-state index contributed by atoms with van der Waals surface area (Å²) in [6.45, 7) is 20.4. The lowest BCUT2D eigenvalue weighted by Crippen LogP contribution is -2.50. The van der Waals surface area contributed by atoms with Gasteiger partial charge in [0.2, 0.25) is 11.8 Å².